The van der Waals surface area contributed by atoms with E-state index in [1.54, 1.807) is 7.11 Å². The van der Waals surface area contributed by atoms with E-state index in [9.17, 15) is 0 Å². The van der Waals surface area contributed by atoms with Crippen LogP contribution in [0.15, 0.2) is 0 Å². The fourth-order valence-corrected chi connectivity index (χ4v) is 2.08. The predicted octanol–water partition coefficient (Wildman–Crippen LogP) is 1.87. The first kappa shape index (κ1) is 13.9. The Balaban J connectivity index is 2.22. The van der Waals surface area contributed by atoms with Crippen molar-refractivity contribution in [2.75, 3.05) is 26.7 Å². The second-order valence-corrected chi connectivity index (χ2v) is 5.75. The van der Waals surface area contributed by atoms with E-state index >= 15 is 0 Å². The molecule has 0 amide bonds. The van der Waals surface area contributed by atoms with Gasteiger partial charge in [0, 0.05) is 25.7 Å². The van der Waals surface area contributed by atoms with Gasteiger partial charge in [-0.25, -0.2) is 0 Å². The van der Waals surface area contributed by atoms with E-state index in [0.29, 0.717) is 12.1 Å². The number of nitrogens with zero attached hydrogens (tertiary/aromatic N) is 1. The molecule has 16 heavy (non-hydrogen) atoms. The Morgan fingerprint density at radius 1 is 1.31 bits per heavy atom. The highest BCUT2D eigenvalue weighted by Crippen LogP contribution is 2.14. The van der Waals surface area contributed by atoms with Crippen molar-refractivity contribution in [3.8, 4) is 0 Å². The Labute approximate surface area is 101 Å². The molecular weight excluding hydrogens is 200 g/mol. The average molecular weight is 228 g/mol. The number of nitrogens with one attached hydrogen (secondary N) is 1. The zero-order chi connectivity index (χ0) is 12.2. The quantitative estimate of drug-likeness (QED) is 0.777. The Morgan fingerprint density at radius 2 is 1.88 bits per heavy atom. The maximum Gasteiger partial charge on any atom is 0.0746 e. The molecule has 0 spiro atoms. The first-order valence-electron chi connectivity index (χ1n) is 6.47. The van der Waals surface area contributed by atoms with Crippen LogP contribution in [0, 0.1) is 0 Å². The van der Waals surface area contributed by atoms with Crippen molar-refractivity contribution in [3.63, 3.8) is 0 Å². The maximum absolute atomic E-state index is 5.42. The van der Waals surface area contributed by atoms with E-state index in [2.05, 4.69) is 37.9 Å². The lowest BCUT2D eigenvalue weighted by Crippen LogP contribution is -2.48. The van der Waals surface area contributed by atoms with E-state index in [4.69, 9.17) is 4.74 Å². The van der Waals surface area contributed by atoms with Crippen LogP contribution in [0.2, 0.25) is 0 Å². The van der Waals surface area contributed by atoms with Crippen molar-refractivity contribution in [1.82, 2.24) is 10.2 Å². The van der Waals surface area contributed by atoms with Gasteiger partial charge in [0.05, 0.1) is 5.60 Å². The molecule has 1 fully saturated rings. The van der Waals surface area contributed by atoms with Crippen LogP contribution in [0.4, 0.5) is 0 Å². The number of rotatable bonds is 5. The standard InChI is InChI=1S/C13H28N2O/c1-11(2)15-8-6-12(7-9-15)14-10-13(3,4)16-5/h11-12,14H,6-10H2,1-5H3. The van der Waals surface area contributed by atoms with Crippen LogP contribution in [0.3, 0.4) is 0 Å². The maximum atomic E-state index is 5.42. The highest BCUT2D eigenvalue weighted by Gasteiger charge is 2.23. The van der Waals surface area contributed by atoms with Gasteiger partial charge in [-0.05, 0) is 53.6 Å². The van der Waals surface area contributed by atoms with E-state index in [-0.39, 0.29) is 5.60 Å². The average Bonchev–Trinajstić information content (AvgIpc) is 2.27. The van der Waals surface area contributed by atoms with Crippen LogP contribution >= 0.6 is 0 Å². The first-order valence-corrected chi connectivity index (χ1v) is 6.47. The number of hydrogen-bond acceptors (Lipinski definition) is 3. The molecule has 0 saturated carbocycles. The van der Waals surface area contributed by atoms with Crippen molar-refractivity contribution >= 4 is 0 Å². The predicted molar refractivity (Wildman–Crippen MR) is 68.8 cm³/mol. The number of hydrogen-bond donors (Lipinski definition) is 1. The van der Waals surface area contributed by atoms with Gasteiger partial charge in [-0.1, -0.05) is 0 Å². The number of piperidine rings is 1. The Kier molecular flexibility index (Phi) is 5.22. The number of methoxy groups -OCH3 is 1. The third-order valence-corrected chi connectivity index (χ3v) is 3.63. The lowest BCUT2D eigenvalue weighted by atomic mass is 10.0. The zero-order valence-electron chi connectivity index (χ0n) is 11.5. The van der Waals surface area contributed by atoms with Gasteiger partial charge in [0.2, 0.25) is 0 Å². The molecule has 0 radical (unpaired) electrons. The van der Waals surface area contributed by atoms with Gasteiger partial charge in [-0.3, -0.25) is 0 Å². The smallest absolute Gasteiger partial charge is 0.0746 e. The SMILES string of the molecule is COC(C)(C)CNC1CCN(C(C)C)CC1. The van der Waals surface area contributed by atoms with Gasteiger partial charge in [-0.2, -0.15) is 0 Å². The lowest BCUT2D eigenvalue weighted by molar-refractivity contribution is 0.0185. The van der Waals surface area contributed by atoms with Crippen LogP contribution in [0.1, 0.15) is 40.5 Å². The minimum absolute atomic E-state index is 0.0464. The molecule has 0 aromatic carbocycles. The normalized spacial score (nSPS) is 20.6. The Bertz CT molecular complexity index is 196. The summed E-state index contributed by atoms with van der Waals surface area (Å²) in [6.45, 7) is 12.2. The van der Waals surface area contributed by atoms with Gasteiger partial charge in [0.1, 0.15) is 0 Å². The van der Waals surface area contributed by atoms with Crippen molar-refractivity contribution < 1.29 is 4.74 Å². The van der Waals surface area contributed by atoms with Crippen LogP contribution < -0.4 is 5.32 Å². The molecule has 1 aliphatic rings. The molecule has 3 nitrogen and oxygen atoms in total. The van der Waals surface area contributed by atoms with E-state index in [1.807, 2.05) is 0 Å². The van der Waals surface area contributed by atoms with Gasteiger partial charge in [0.25, 0.3) is 0 Å². The largest absolute Gasteiger partial charge is 0.377 e. The van der Waals surface area contributed by atoms with Crippen molar-refractivity contribution in [1.29, 1.82) is 0 Å². The minimum atomic E-state index is -0.0464. The number of ether oxygens (including phenoxy) is 1. The summed E-state index contributed by atoms with van der Waals surface area (Å²) in [5.74, 6) is 0. The van der Waals surface area contributed by atoms with Crippen molar-refractivity contribution in [2.45, 2.75) is 58.2 Å². The molecule has 1 rings (SSSR count). The molecule has 0 aliphatic carbocycles. The zero-order valence-corrected chi connectivity index (χ0v) is 11.5. The molecule has 96 valence electrons. The molecule has 0 atom stereocenters. The lowest BCUT2D eigenvalue weighted by Gasteiger charge is -2.36. The molecule has 0 aromatic heterocycles. The van der Waals surface area contributed by atoms with E-state index in [0.717, 1.165) is 6.54 Å². The molecule has 0 bridgehead atoms. The van der Waals surface area contributed by atoms with Gasteiger partial charge >= 0.3 is 0 Å². The Hall–Kier alpha value is -0.120. The molecule has 1 aliphatic heterocycles. The topological polar surface area (TPSA) is 24.5 Å². The molecular formula is C13H28N2O. The second kappa shape index (κ2) is 5.99. The van der Waals surface area contributed by atoms with Gasteiger partial charge in [0.15, 0.2) is 0 Å². The van der Waals surface area contributed by atoms with Crippen LogP contribution in [-0.2, 0) is 4.74 Å². The summed E-state index contributed by atoms with van der Waals surface area (Å²) < 4.78 is 5.42. The molecule has 1 saturated heterocycles. The highest BCUT2D eigenvalue weighted by molar-refractivity contribution is 4.81. The third kappa shape index (κ3) is 4.40. The molecule has 0 unspecified atom stereocenters. The fraction of sp³-hybridized carbons (Fsp3) is 1.00. The van der Waals surface area contributed by atoms with Crippen molar-refractivity contribution in [3.05, 3.63) is 0 Å². The minimum Gasteiger partial charge on any atom is -0.377 e. The molecule has 3 heteroatoms. The summed E-state index contributed by atoms with van der Waals surface area (Å²) >= 11 is 0. The second-order valence-electron chi connectivity index (χ2n) is 5.75. The number of likely N-dealkylation sites (tertiary alicyclic amines) is 1. The summed E-state index contributed by atoms with van der Waals surface area (Å²) in [5, 5.41) is 3.62. The molecule has 1 heterocycles. The van der Waals surface area contributed by atoms with Crippen LogP contribution in [-0.4, -0.2) is 49.3 Å². The van der Waals surface area contributed by atoms with Crippen LogP contribution in [0.5, 0.6) is 0 Å². The summed E-state index contributed by atoms with van der Waals surface area (Å²) in [7, 11) is 1.78. The molecule has 0 aromatic rings. The Morgan fingerprint density at radius 3 is 2.31 bits per heavy atom. The van der Waals surface area contributed by atoms with E-state index < -0.39 is 0 Å². The summed E-state index contributed by atoms with van der Waals surface area (Å²) in [6.07, 6.45) is 2.52. The summed E-state index contributed by atoms with van der Waals surface area (Å²) in [6, 6.07) is 1.36. The highest BCUT2D eigenvalue weighted by atomic mass is 16.5. The van der Waals surface area contributed by atoms with Crippen molar-refractivity contribution in [2.24, 2.45) is 0 Å². The van der Waals surface area contributed by atoms with Gasteiger partial charge in [-0.15, -0.1) is 0 Å². The molecule has 1 N–H and O–H groups in total. The monoisotopic (exact) mass is 228 g/mol. The van der Waals surface area contributed by atoms with E-state index in [1.165, 1.54) is 25.9 Å². The van der Waals surface area contributed by atoms with Gasteiger partial charge < -0.3 is 15.0 Å². The summed E-state index contributed by atoms with van der Waals surface area (Å²) in [5.41, 5.74) is -0.0464. The summed E-state index contributed by atoms with van der Waals surface area (Å²) in [4.78, 5) is 2.56. The fourth-order valence-electron chi connectivity index (χ4n) is 2.08. The first-order chi connectivity index (χ1) is 7.44. The van der Waals surface area contributed by atoms with Crippen LogP contribution in [0.25, 0.3) is 0 Å². The third-order valence-electron chi connectivity index (χ3n) is 3.63.